The van der Waals surface area contributed by atoms with E-state index in [4.69, 9.17) is 4.42 Å². The third-order valence-corrected chi connectivity index (χ3v) is 10.4. The van der Waals surface area contributed by atoms with Crippen molar-refractivity contribution in [3.05, 3.63) is 163 Å². The van der Waals surface area contributed by atoms with Crippen LogP contribution in [-0.4, -0.2) is 10.6 Å². The van der Waals surface area contributed by atoms with Crippen molar-refractivity contribution >= 4 is 44.5 Å². The number of hydrogen-bond donors (Lipinski definition) is 0. The summed E-state index contributed by atoms with van der Waals surface area (Å²) in [5.41, 5.74) is 9.06. The number of rotatable bonds is 3. The van der Waals surface area contributed by atoms with Gasteiger partial charge in [-0.3, -0.25) is 0 Å². The van der Waals surface area contributed by atoms with Crippen molar-refractivity contribution in [2.75, 3.05) is 4.90 Å². The molecule has 10 rings (SSSR count). The fourth-order valence-electron chi connectivity index (χ4n) is 8.48. The van der Waals surface area contributed by atoms with E-state index in [0.717, 1.165) is 50.3 Å². The van der Waals surface area contributed by atoms with E-state index in [9.17, 15) is 5.26 Å². The van der Waals surface area contributed by atoms with E-state index in [-0.39, 0.29) is 18.0 Å². The summed E-state index contributed by atoms with van der Waals surface area (Å²) in [4.78, 5) is 2.55. The molecule has 3 aliphatic rings. The lowest BCUT2D eigenvalue weighted by atomic mass is 9.80. The molecule has 4 atom stereocenters. The molecule has 4 heteroatoms. The first-order valence-electron chi connectivity index (χ1n) is 16.3. The Morgan fingerprint density at radius 1 is 0.638 bits per heavy atom. The van der Waals surface area contributed by atoms with Crippen LogP contribution in [0, 0.1) is 23.2 Å². The van der Waals surface area contributed by atoms with Gasteiger partial charge in [-0.1, -0.05) is 115 Å². The van der Waals surface area contributed by atoms with Gasteiger partial charge in [0.25, 0.3) is 0 Å². The van der Waals surface area contributed by atoms with E-state index in [1.165, 1.54) is 16.3 Å². The van der Waals surface area contributed by atoms with Crippen molar-refractivity contribution in [2.24, 2.45) is 11.8 Å². The van der Waals surface area contributed by atoms with Gasteiger partial charge >= 0.3 is 0 Å². The SMILES string of the molecule is N#Cc1cc(-n2c3ccccc3c3ccccc32)ccc1-c1ccccc1N1C2C=CC=CC2C2C=Cc3c(oc4ccccc34)C21. The van der Waals surface area contributed by atoms with Gasteiger partial charge in [0.05, 0.1) is 34.7 Å². The average molecular weight is 604 g/mol. The number of para-hydroxylation sites is 4. The second-order valence-electron chi connectivity index (χ2n) is 12.7. The Morgan fingerprint density at radius 2 is 1.34 bits per heavy atom. The third-order valence-electron chi connectivity index (χ3n) is 10.4. The van der Waals surface area contributed by atoms with E-state index < -0.39 is 0 Å². The molecular formula is C43H29N3O. The maximum Gasteiger partial charge on any atom is 0.135 e. The zero-order valence-electron chi connectivity index (χ0n) is 25.5. The average Bonchev–Trinajstić information content (AvgIpc) is 3.79. The number of aromatic nitrogens is 1. The Morgan fingerprint density at radius 3 is 2.15 bits per heavy atom. The minimum absolute atomic E-state index is 0.0216. The molecule has 0 N–H and O–H groups in total. The van der Waals surface area contributed by atoms with Gasteiger partial charge in [-0.25, -0.2) is 0 Å². The van der Waals surface area contributed by atoms with E-state index in [1.54, 1.807) is 0 Å². The summed E-state index contributed by atoms with van der Waals surface area (Å²) in [6.45, 7) is 0. The summed E-state index contributed by atoms with van der Waals surface area (Å²) in [6, 6.07) is 43.0. The van der Waals surface area contributed by atoms with Crippen molar-refractivity contribution < 1.29 is 4.42 Å². The molecule has 5 aromatic carbocycles. The van der Waals surface area contributed by atoms with Crippen molar-refractivity contribution in [3.8, 4) is 22.9 Å². The Kier molecular flexibility index (Phi) is 5.56. The molecule has 1 aliphatic heterocycles. The van der Waals surface area contributed by atoms with Crippen LogP contribution in [0.3, 0.4) is 0 Å². The molecule has 47 heavy (non-hydrogen) atoms. The lowest BCUT2D eigenvalue weighted by Gasteiger charge is -2.34. The first-order valence-corrected chi connectivity index (χ1v) is 16.3. The normalized spacial score (nSPS) is 20.9. The zero-order chi connectivity index (χ0) is 31.1. The van der Waals surface area contributed by atoms with Crippen molar-refractivity contribution in [3.63, 3.8) is 0 Å². The van der Waals surface area contributed by atoms with Crippen LogP contribution in [0.25, 0.3) is 55.7 Å². The molecule has 0 amide bonds. The maximum absolute atomic E-state index is 10.7. The van der Waals surface area contributed by atoms with Crippen molar-refractivity contribution in [1.82, 2.24) is 4.57 Å². The number of allylic oxidation sites excluding steroid dienone is 2. The molecule has 2 aromatic heterocycles. The van der Waals surface area contributed by atoms with Crippen LogP contribution in [0.15, 0.2) is 150 Å². The minimum atomic E-state index is 0.0216. The predicted octanol–water partition coefficient (Wildman–Crippen LogP) is 10.4. The summed E-state index contributed by atoms with van der Waals surface area (Å²) >= 11 is 0. The Balaban J connectivity index is 1.15. The van der Waals surface area contributed by atoms with Gasteiger partial charge in [0.2, 0.25) is 0 Å². The highest BCUT2D eigenvalue weighted by atomic mass is 16.3. The highest BCUT2D eigenvalue weighted by Crippen LogP contribution is 2.55. The number of anilines is 1. The van der Waals surface area contributed by atoms with Crippen LogP contribution < -0.4 is 4.90 Å². The summed E-state index contributed by atoms with van der Waals surface area (Å²) < 4.78 is 8.96. The molecule has 1 saturated heterocycles. The Hall–Kier alpha value is -6.05. The van der Waals surface area contributed by atoms with E-state index in [2.05, 4.69) is 155 Å². The smallest absolute Gasteiger partial charge is 0.135 e. The first kappa shape index (κ1) is 26.2. The molecular weight excluding hydrogens is 574 g/mol. The fourth-order valence-corrected chi connectivity index (χ4v) is 8.48. The summed E-state index contributed by atoms with van der Waals surface area (Å²) in [5, 5.41) is 14.2. The van der Waals surface area contributed by atoms with Crippen molar-refractivity contribution in [1.29, 1.82) is 5.26 Å². The van der Waals surface area contributed by atoms with E-state index >= 15 is 0 Å². The van der Waals surface area contributed by atoms with Crippen molar-refractivity contribution in [2.45, 2.75) is 12.1 Å². The third kappa shape index (κ3) is 3.69. The standard InChI is InChI=1S/C43H29N3O/c44-26-27-25-28(45-37-16-6-2-12-31(37)32-13-3-7-17-38(32)45)21-22-29(27)30-11-1-8-18-39(30)46-40-19-9-4-14-33(40)35-23-24-36-34-15-5-10-20-41(34)47-43(36)42(35)46/h1-25,33,35,40,42H. The largest absolute Gasteiger partial charge is 0.458 e. The maximum atomic E-state index is 10.7. The van der Waals surface area contributed by atoms with Gasteiger partial charge in [0.1, 0.15) is 11.3 Å². The second kappa shape index (κ2) is 9.97. The number of nitrogens with zero attached hydrogens (tertiary/aromatic N) is 3. The van der Waals surface area contributed by atoms with Crippen LogP contribution in [0.5, 0.6) is 0 Å². The quantitative estimate of drug-likeness (QED) is 0.202. The molecule has 222 valence electrons. The number of hydrogen-bond acceptors (Lipinski definition) is 3. The molecule has 0 saturated carbocycles. The summed E-state index contributed by atoms with van der Waals surface area (Å²) in [6.07, 6.45) is 13.7. The topological polar surface area (TPSA) is 45.1 Å². The molecule has 0 spiro atoms. The molecule has 0 bridgehead atoms. The molecule has 0 radical (unpaired) electrons. The van der Waals surface area contributed by atoms with Gasteiger partial charge in [0, 0.05) is 56.1 Å². The summed E-state index contributed by atoms with van der Waals surface area (Å²) in [5.74, 6) is 1.59. The highest BCUT2D eigenvalue weighted by molar-refractivity contribution is 6.09. The summed E-state index contributed by atoms with van der Waals surface area (Å²) in [7, 11) is 0. The zero-order valence-corrected chi connectivity index (χ0v) is 25.5. The number of nitriles is 1. The predicted molar refractivity (Wildman–Crippen MR) is 190 cm³/mol. The van der Waals surface area contributed by atoms with Gasteiger partial charge in [-0.2, -0.15) is 5.26 Å². The van der Waals surface area contributed by atoms with Gasteiger partial charge < -0.3 is 13.9 Å². The number of furan rings is 1. The fraction of sp³-hybridized carbons (Fsp3) is 0.0930. The van der Waals surface area contributed by atoms with Gasteiger partial charge in [-0.05, 0) is 36.4 Å². The van der Waals surface area contributed by atoms with E-state index in [1.807, 2.05) is 12.1 Å². The lowest BCUT2D eigenvalue weighted by molar-refractivity contribution is 0.427. The minimum Gasteiger partial charge on any atom is -0.458 e. The van der Waals surface area contributed by atoms with Crippen LogP contribution in [0.1, 0.15) is 22.9 Å². The van der Waals surface area contributed by atoms with Gasteiger partial charge in [0.15, 0.2) is 0 Å². The van der Waals surface area contributed by atoms with Crippen LogP contribution in [0.2, 0.25) is 0 Å². The Labute approximate surface area is 272 Å². The highest BCUT2D eigenvalue weighted by Gasteiger charge is 2.51. The number of fused-ring (bicyclic) bond motifs is 10. The van der Waals surface area contributed by atoms with Crippen LogP contribution in [-0.2, 0) is 0 Å². The van der Waals surface area contributed by atoms with Crippen LogP contribution >= 0.6 is 0 Å². The van der Waals surface area contributed by atoms with E-state index in [0.29, 0.717) is 11.5 Å². The molecule has 1 fully saturated rings. The molecule has 3 heterocycles. The van der Waals surface area contributed by atoms with Gasteiger partial charge in [-0.15, -0.1) is 0 Å². The van der Waals surface area contributed by atoms with Crippen LogP contribution in [0.4, 0.5) is 5.69 Å². The lowest BCUT2D eigenvalue weighted by Crippen LogP contribution is -2.33. The monoisotopic (exact) mass is 603 g/mol. The number of benzene rings is 5. The molecule has 7 aromatic rings. The first-order chi connectivity index (χ1) is 23.3. The molecule has 4 unspecified atom stereocenters. The molecule has 2 aliphatic carbocycles. The second-order valence-corrected chi connectivity index (χ2v) is 12.7. The molecule has 4 nitrogen and oxygen atoms in total. The Bertz CT molecular complexity index is 2480.